The van der Waals surface area contributed by atoms with Crippen molar-refractivity contribution in [1.29, 1.82) is 0 Å². The molecule has 0 aromatic carbocycles. The van der Waals surface area contributed by atoms with Gasteiger partial charge in [0.25, 0.3) is 0 Å². The summed E-state index contributed by atoms with van der Waals surface area (Å²) in [6, 6.07) is 0. The fraction of sp³-hybridized carbons (Fsp3) is 1.00. The van der Waals surface area contributed by atoms with Gasteiger partial charge in [-0.3, -0.25) is 0 Å². The Labute approximate surface area is 62.6 Å². The fourth-order valence-corrected chi connectivity index (χ4v) is 1.68. The second-order valence-corrected chi connectivity index (χ2v) is 3.00. The Morgan fingerprint density at radius 1 is 1.50 bits per heavy atom. The van der Waals surface area contributed by atoms with Crippen molar-refractivity contribution >= 4 is 15.9 Å². The van der Waals surface area contributed by atoms with Crippen LogP contribution in [-0.4, -0.2) is 5.33 Å². The van der Waals surface area contributed by atoms with E-state index in [4.69, 9.17) is 2.74 Å². The van der Waals surface area contributed by atoms with Crippen LogP contribution in [0.1, 0.15) is 34.8 Å². The molecule has 0 radical (unpaired) electrons. The van der Waals surface area contributed by atoms with Gasteiger partial charge in [-0.05, 0) is 18.8 Å². The number of alkyl halides is 1. The van der Waals surface area contributed by atoms with Gasteiger partial charge < -0.3 is 0 Å². The Hall–Kier alpha value is 0.480. The van der Waals surface area contributed by atoms with Gasteiger partial charge >= 0.3 is 0 Å². The van der Waals surface area contributed by atoms with E-state index in [9.17, 15) is 0 Å². The highest BCUT2D eigenvalue weighted by atomic mass is 79.9. The minimum Gasteiger partial charge on any atom is -0.0925 e. The number of hydrogen-bond acceptors (Lipinski definition) is 0. The van der Waals surface area contributed by atoms with E-state index in [2.05, 4.69) is 15.9 Å². The van der Waals surface area contributed by atoms with Crippen molar-refractivity contribution in [2.24, 2.45) is 5.92 Å². The molecule has 0 heterocycles. The van der Waals surface area contributed by atoms with Gasteiger partial charge in [0.1, 0.15) is 0 Å². The third-order valence-corrected chi connectivity index (χ3v) is 2.59. The van der Waals surface area contributed by atoms with Crippen molar-refractivity contribution in [2.75, 3.05) is 5.33 Å². The molecule has 1 aliphatic carbocycles. The lowest BCUT2D eigenvalue weighted by Gasteiger charge is -2.18. The summed E-state index contributed by atoms with van der Waals surface area (Å²) in [5.41, 5.74) is 0. The molecule has 0 aliphatic heterocycles. The summed E-state index contributed by atoms with van der Waals surface area (Å²) in [5.74, 6) is 0.726. The van der Waals surface area contributed by atoms with Crippen LogP contribution in [0.5, 0.6) is 0 Å². The van der Waals surface area contributed by atoms with E-state index < -0.39 is 6.37 Å². The first-order valence-corrected chi connectivity index (χ1v) is 4.32. The maximum atomic E-state index is 7.44. The number of halogens is 1. The Balaban J connectivity index is 2.31. The molecule has 0 aromatic heterocycles. The zero-order valence-electron chi connectivity index (χ0n) is 6.99. The predicted octanol–water partition coefficient (Wildman–Crippen LogP) is 2.96. The molecule has 0 N–H and O–H groups in total. The Morgan fingerprint density at radius 3 is 2.62 bits per heavy atom. The van der Waals surface area contributed by atoms with E-state index in [1.165, 1.54) is 0 Å². The first kappa shape index (κ1) is 4.32. The summed E-state index contributed by atoms with van der Waals surface area (Å²) in [6.45, 7) is 0. The zero-order chi connectivity index (χ0) is 7.61. The molecule has 0 bridgehead atoms. The normalized spacial score (nSPS) is 33.6. The van der Waals surface area contributed by atoms with E-state index in [0.717, 1.165) is 36.9 Å². The molecule has 1 rings (SSSR count). The van der Waals surface area contributed by atoms with Crippen molar-refractivity contribution in [2.45, 2.75) is 32.1 Å². The zero-order valence-corrected chi connectivity index (χ0v) is 6.58. The monoisotopic (exact) mass is 178 g/mol. The topological polar surface area (TPSA) is 0 Å². The van der Waals surface area contributed by atoms with Crippen molar-refractivity contribution in [3.05, 3.63) is 0 Å². The van der Waals surface area contributed by atoms with Gasteiger partial charge in [-0.1, -0.05) is 35.1 Å². The Morgan fingerprint density at radius 2 is 2.12 bits per heavy atom. The smallest absolute Gasteiger partial charge is 0.0267 e. The highest BCUT2D eigenvalue weighted by Crippen LogP contribution is 2.24. The highest BCUT2D eigenvalue weighted by Gasteiger charge is 2.10. The summed E-state index contributed by atoms with van der Waals surface area (Å²) in [5, 5.41) is 1.04. The number of hydrogen-bond donors (Lipinski definition) is 0. The van der Waals surface area contributed by atoms with Crippen molar-refractivity contribution in [3.8, 4) is 0 Å². The Bertz CT molecular complexity index is 104. The van der Waals surface area contributed by atoms with Gasteiger partial charge in [0.2, 0.25) is 0 Å². The summed E-state index contributed by atoms with van der Waals surface area (Å²) >= 11 is 3.43. The fourth-order valence-electron chi connectivity index (χ4n) is 1.04. The van der Waals surface area contributed by atoms with Gasteiger partial charge in [-0.2, -0.15) is 0 Å². The maximum absolute atomic E-state index is 7.44. The van der Waals surface area contributed by atoms with Crippen molar-refractivity contribution in [3.63, 3.8) is 0 Å². The molecule has 1 heteroatoms. The highest BCUT2D eigenvalue weighted by molar-refractivity contribution is 9.09. The first-order valence-electron chi connectivity index (χ1n) is 4.20. The lowest BCUT2D eigenvalue weighted by atomic mass is 9.91. The molecule has 0 amide bonds. The molecule has 0 spiro atoms. The average Bonchev–Trinajstić information content (AvgIpc) is 1.88. The van der Waals surface area contributed by atoms with Gasteiger partial charge in [0, 0.05) is 8.07 Å². The SMILES string of the molecule is [2H]C1([2H])CCC(CBr)CC1. The minimum atomic E-state index is -0.862. The molecular formula is C7H13Br. The largest absolute Gasteiger partial charge is 0.0925 e. The summed E-state index contributed by atoms with van der Waals surface area (Å²) < 4.78 is 14.9. The molecular weight excluding hydrogens is 164 g/mol. The molecule has 48 valence electrons. The maximum Gasteiger partial charge on any atom is 0.0267 e. The van der Waals surface area contributed by atoms with Crippen LogP contribution in [0, 0.1) is 5.92 Å². The molecule has 1 fully saturated rings. The summed E-state index contributed by atoms with van der Waals surface area (Å²) in [4.78, 5) is 0. The quantitative estimate of drug-likeness (QED) is 0.543. The molecule has 1 aliphatic rings. The van der Waals surface area contributed by atoms with Crippen LogP contribution in [-0.2, 0) is 0 Å². The van der Waals surface area contributed by atoms with Crippen LogP contribution in [0.2, 0.25) is 0 Å². The van der Waals surface area contributed by atoms with Crippen molar-refractivity contribution in [1.82, 2.24) is 0 Å². The third-order valence-electron chi connectivity index (χ3n) is 1.68. The van der Waals surface area contributed by atoms with Crippen LogP contribution < -0.4 is 0 Å². The second kappa shape index (κ2) is 3.49. The standard InChI is InChI=1S/C7H13Br/c8-6-7-4-2-1-3-5-7/h7H,1-6H2/i1D2. The minimum absolute atomic E-state index is 0.726. The van der Waals surface area contributed by atoms with E-state index in [1.807, 2.05) is 0 Å². The molecule has 0 aromatic rings. The molecule has 0 saturated heterocycles. The van der Waals surface area contributed by atoms with E-state index in [1.54, 1.807) is 0 Å². The van der Waals surface area contributed by atoms with Crippen molar-refractivity contribution < 1.29 is 2.74 Å². The van der Waals surface area contributed by atoms with E-state index >= 15 is 0 Å². The van der Waals surface area contributed by atoms with Gasteiger partial charge in [-0.25, -0.2) is 0 Å². The lowest BCUT2D eigenvalue weighted by Crippen LogP contribution is -2.06. The molecule has 0 nitrogen and oxygen atoms in total. The molecule has 0 unspecified atom stereocenters. The second-order valence-electron chi connectivity index (χ2n) is 2.35. The van der Waals surface area contributed by atoms with Crippen LogP contribution in [0.15, 0.2) is 0 Å². The summed E-state index contributed by atoms with van der Waals surface area (Å²) in [6.07, 6.45) is 2.75. The van der Waals surface area contributed by atoms with E-state index in [-0.39, 0.29) is 0 Å². The average molecular weight is 179 g/mol. The predicted molar refractivity (Wildman–Crippen MR) is 40.4 cm³/mol. The Kier molecular flexibility index (Phi) is 1.89. The third kappa shape index (κ3) is 1.77. The van der Waals surface area contributed by atoms with Gasteiger partial charge in [0.15, 0.2) is 0 Å². The van der Waals surface area contributed by atoms with Crippen LogP contribution in [0.3, 0.4) is 0 Å². The number of rotatable bonds is 1. The molecule has 0 atom stereocenters. The molecule has 8 heavy (non-hydrogen) atoms. The van der Waals surface area contributed by atoms with E-state index in [0.29, 0.717) is 0 Å². The first-order chi connectivity index (χ1) is 4.64. The summed E-state index contributed by atoms with van der Waals surface area (Å²) in [7, 11) is 0. The molecule has 1 saturated carbocycles. The van der Waals surface area contributed by atoms with Gasteiger partial charge in [-0.15, -0.1) is 0 Å². The van der Waals surface area contributed by atoms with Gasteiger partial charge in [0.05, 0.1) is 0 Å². The van der Waals surface area contributed by atoms with Crippen LogP contribution >= 0.6 is 15.9 Å². The van der Waals surface area contributed by atoms with Crippen LogP contribution in [0.25, 0.3) is 0 Å². The lowest BCUT2D eigenvalue weighted by molar-refractivity contribution is 0.392. The van der Waals surface area contributed by atoms with Crippen LogP contribution in [0.4, 0.5) is 0 Å².